The van der Waals surface area contributed by atoms with Crippen LogP contribution in [0.4, 0.5) is 4.39 Å². The molecule has 0 saturated carbocycles. The maximum Gasteiger partial charge on any atom is 0.265 e. The Morgan fingerprint density at radius 1 is 0.909 bits per heavy atom. The molecular weight excluding hydrogens is 319 g/mol. The van der Waals surface area contributed by atoms with Gasteiger partial charge in [-0.15, -0.1) is 0 Å². The minimum atomic E-state index is -2.34. The molecule has 0 fully saturated rings. The van der Waals surface area contributed by atoms with Crippen molar-refractivity contribution in [3.8, 4) is 0 Å². The summed E-state index contributed by atoms with van der Waals surface area (Å²) in [7, 11) is -1.94. The summed E-state index contributed by atoms with van der Waals surface area (Å²) in [5.74, 6) is 0. The van der Waals surface area contributed by atoms with Gasteiger partial charge in [0.15, 0.2) is 0 Å². The topological polar surface area (TPSA) is 17.1 Å². The van der Waals surface area contributed by atoms with Crippen molar-refractivity contribution in [3.05, 3.63) is 78.4 Å². The number of benzene rings is 3. The monoisotopic (exact) mass is 332 g/mol. The number of hydrogen-bond acceptors (Lipinski definition) is 1. The molecule has 112 valence electrons. The van der Waals surface area contributed by atoms with Crippen LogP contribution < -0.4 is 0 Å². The molecule has 1 nitrogen and oxygen atoms in total. The molecule has 0 heterocycles. The molecule has 3 aromatic rings. The second-order valence-corrected chi connectivity index (χ2v) is 7.51. The van der Waals surface area contributed by atoms with Crippen LogP contribution in [0.3, 0.4) is 0 Å². The third kappa shape index (κ3) is 3.06. The molecule has 22 heavy (non-hydrogen) atoms. The lowest BCUT2D eigenvalue weighted by atomic mass is 10.0. The van der Waals surface area contributed by atoms with Gasteiger partial charge in [0.2, 0.25) is 0 Å². The quantitative estimate of drug-likeness (QED) is 0.611. The summed E-state index contributed by atoms with van der Waals surface area (Å²) in [5.41, 5.74) is 0.750. The van der Waals surface area contributed by atoms with Crippen molar-refractivity contribution in [3.63, 3.8) is 0 Å². The van der Waals surface area contributed by atoms with Gasteiger partial charge in [-0.2, -0.15) is 0 Å². The summed E-state index contributed by atoms with van der Waals surface area (Å²) in [4.78, 5) is 0.389. The van der Waals surface area contributed by atoms with E-state index in [0.29, 0.717) is 4.90 Å². The van der Waals surface area contributed by atoms with Crippen molar-refractivity contribution in [1.29, 1.82) is 0 Å². The first-order chi connectivity index (χ1) is 10.6. The molecule has 2 unspecified atom stereocenters. The predicted octanol–water partition coefficient (Wildman–Crippen LogP) is 5.05. The van der Waals surface area contributed by atoms with E-state index in [4.69, 9.17) is 11.6 Å². The number of hydrogen-bond donors (Lipinski definition) is 0. The zero-order valence-corrected chi connectivity index (χ0v) is 13.3. The second kappa shape index (κ2) is 6.19. The molecule has 4 heteroatoms. The lowest BCUT2D eigenvalue weighted by Crippen LogP contribution is -2.25. The molecule has 0 amide bonds. The van der Waals surface area contributed by atoms with Gasteiger partial charge in [-0.3, -0.25) is 0 Å². The van der Waals surface area contributed by atoms with Crippen molar-refractivity contribution >= 4 is 33.2 Å². The lowest BCUT2D eigenvalue weighted by molar-refractivity contribution is 0.388. The van der Waals surface area contributed by atoms with Crippen LogP contribution in [-0.4, -0.2) is 8.67 Å². The van der Waals surface area contributed by atoms with Gasteiger partial charge in [-0.1, -0.05) is 72.3 Å². The Morgan fingerprint density at radius 2 is 1.55 bits per heavy atom. The highest BCUT2D eigenvalue weighted by atomic mass is 35.5. The number of halogens is 2. The molecule has 0 radical (unpaired) electrons. The fraction of sp³-hybridized carbons (Fsp3) is 0.111. The Morgan fingerprint density at radius 3 is 2.32 bits per heavy atom. The van der Waals surface area contributed by atoms with Gasteiger partial charge in [0.05, 0.1) is 0 Å². The molecule has 0 spiro atoms. The van der Waals surface area contributed by atoms with Crippen LogP contribution >= 0.6 is 11.6 Å². The van der Waals surface area contributed by atoms with E-state index in [1.54, 1.807) is 30.3 Å². The van der Waals surface area contributed by atoms with E-state index in [2.05, 4.69) is 0 Å². The molecule has 0 N–H and O–H groups in total. The van der Waals surface area contributed by atoms with E-state index in [1.807, 2.05) is 42.5 Å². The van der Waals surface area contributed by atoms with Crippen LogP contribution in [0.25, 0.3) is 10.8 Å². The van der Waals surface area contributed by atoms with Crippen LogP contribution in [0.2, 0.25) is 0 Å². The fourth-order valence-corrected chi connectivity index (χ4v) is 3.90. The summed E-state index contributed by atoms with van der Waals surface area (Å²) in [6.45, 7) is 0. The smallest absolute Gasteiger partial charge is 0.250 e. The highest BCUT2D eigenvalue weighted by molar-refractivity contribution is 7.87. The zero-order chi connectivity index (χ0) is 15.6. The number of fused-ring (bicyclic) bond motifs is 1. The van der Waals surface area contributed by atoms with Crippen molar-refractivity contribution < 1.29 is 8.60 Å². The molecule has 0 aliphatic rings. The molecule has 3 aromatic carbocycles. The average molecular weight is 333 g/mol. The first-order valence-corrected chi connectivity index (χ1v) is 8.42. The van der Waals surface area contributed by atoms with E-state index in [1.165, 1.54) is 0 Å². The Kier molecular flexibility index (Phi) is 4.27. The highest BCUT2D eigenvalue weighted by Crippen LogP contribution is 2.33. The van der Waals surface area contributed by atoms with Gasteiger partial charge < -0.3 is 0 Å². The first-order valence-electron chi connectivity index (χ1n) is 6.89. The zero-order valence-electron chi connectivity index (χ0n) is 11.7. The number of alkyl halides is 2. The van der Waals surface area contributed by atoms with E-state index in [0.717, 1.165) is 16.3 Å². The van der Waals surface area contributed by atoms with Crippen LogP contribution in [0, 0.1) is 0 Å². The van der Waals surface area contributed by atoms with Gasteiger partial charge in [-0.25, -0.2) is 8.60 Å². The van der Waals surface area contributed by atoms with E-state index in [-0.39, 0.29) is 6.42 Å². The maximum absolute atomic E-state index is 14.8. The minimum Gasteiger partial charge on any atom is -0.250 e. The van der Waals surface area contributed by atoms with Crippen molar-refractivity contribution in [2.24, 2.45) is 0 Å². The molecule has 0 bridgehead atoms. The lowest BCUT2D eigenvalue weighted by Gasteiger charge is -2.18. The Hall–Kier alpha value is -1.71. The van der Waals surface area contributed by atoms with Gasteiger partial charge in [0.1, 0.15) is 10.8 Å². The van der Waals surface area contributed by atoms with Gasteiger partial charge in [0, 0.05) is 11.3 Å². The molecule has 0 aliphatic carbocycles. The van der Waals surface area contributed by atoms with Crippen LogP contribution in [0.15, 0.2) is 77.7 Å². The molecule has 0 aromatic heterocycles. The van der Waals surface area contributed by atoms with Crippen LogP contribution in [0.5, 0.6) is 0 Å². The van der Waals surface area contributed by atoms with Gasteiger partial charge in [0.25, 0.3) is 4.46 Å². The average Bonchev–Trinajstić information content (AvgIpc) is 2.55. The van der Waals surface area contributed by atoms with E-state index < -0.39 is 15.3 Å². The van der Waals surface area contributed by atoms with Crippen LogP contribution in [-0.2, 0) is 17.2 Å². The molecule has 3 rings (SSSR count). The summed E-state index contributed by atoms with van der Waals surface area (Å²) in [6, 6.07) is 21.8. The number of rotatable bonds is 4. The standard InChI is InChI=1S/C18H14ClFOS/c19-18(20,22(21)16-10-2-1-3-11-16)13-15-9-6-8-14-7-4-5-12-17(14)15/h1-12H,13H2. The Labute approximate surface area is 136 Å². The predicted molar refractivity (Wildman–Crippen MR) is 90.2 cm³/mol. The normalized spacial score (nSPS) is 15.4. The molecular formula is C18H14ClFOS. The Bertz CT molecular complexity index is 812. The van der Waals surface area contributed by atoms with Crippen LogP contribution in [0.1, 0.15) is 5.56 Å². The molecule has 0 aliphatic heterocycles. The van der Waals surface area contributed by atoms with Gasteiger partial charge in [-0.05, 0) is 28.5 Å². The SMILES string of the molecule is O=S(c1ccccc1)C(F)(Cl)Cc1cccc2ccccc12. The van der Waals surface area contributed by atoms with Crippen molar-refractivity contribution in [2.75, 3.05) is 0 Å². The summed E-state index contributed by atoms with van der Waals surface area (Å²) in [5, 5.41) is 1.94. The minimum absolute atomic E-state index is 0.114. The van der Waals surface area contributed by atoms with Crippen molar-refractivity contribution in [1.82, 2.24) is 0 Å². The van der Waals surface area contributed by atoms with Crippen molar-refractivity contribution in [2.45, 2.75) is 15.8 Å². The fourth-order valence-electron chi connectivity index (χ4n) is 2.45. The maximum atomic E-state index is 14.8. The molecule has 2 atom stereocenters. The summed E-state index contributed by atoms with van der Waals surface area (Å²) in [6.07, 6.45) is -0.114. The highest BCUT2D eigenvalue weighted by Gasteiger charge is 2.36. The largest absolute Gasteiger partial charge is 0.265 e. The van der Waals surface area contributed by atoms with E-state index >= 15 is 0 Å². The Balaban J connectivity index is 1.95. The van der Waals surface area contributed by atoms with Gasteiger partial charge >= 0.3 is 0 Å². The summed E-state index contributed by atoms with van der Waals surface area (Å²) < 4.78 is 24.9. The third-order valence-corrected chi connectivity index (χ3v) is 5.45. The summed E-state index contributed by atoms with van der Waals surface area (Å²) >= 11 is 5.99. The van der Waals surface area contributed by atoms with E-state index in [9.17, 15) is 8.60 Å². The molecule has 0 saturated heterocycles. The second-order valence-electron chi connectivity index (χ2n) is 5.03. The first kappa shape index (κ1) is 15.2. The third-order valence-electron chi connectivity index (χ3n) is 3.50.